The molecule has 20 heavy (non-hydrogen) atoms. The molecule has 0 spiro atoms. The van der Waals surface area contributed by atoms with Crippen molar-refractivity contribution in [2.24, 2.45) is 5.92 Å². The predicted molar refractivity (Wildman–Crippen MR) is 73.8 cm³/mol. The van der Waals surface area contributed by atoms with Gasteiger partial charge < -0.3 is 10.4 Å². The van der Waals surface area contributed by atoms with Gasteiger partial charge in [-0.2, -0.15) is 0 Å². The minimum atomic E-state index is -0.589. The van der Waals surface area contributed by atoms with Gasteiger partial charge in [-0.05, 0) is 18.9 Å². The van der Waals surface area contributed by atoms with Crippen LogP contribution in [-0.4, -0.2) is 28.6 Å². The van der Waals surface area contributed by atoms with Gasteiger partial charge in [0, 0.05) is 41.3 Å². The van der Waals surface area contributed by atoms with Crippen molar-refractivity contribution >= 4 is 23.2 Å². The third-order valence-corrected chi connectivity index (χ3v) is 3.78. The third-order valence-electron chi connectivity index (χ3n) is 3.57. The summed E-state index contributed by atoms with van der Waals surface area (Å²) in [4.78, 5) is 22.3. The van der Waals surface area contributed by atoms with E-state index < -0.39 is 10.8 Å². The van der Waals surface area contributed by atoms with Crippen molar-refractivity contribution < 1.29 is 14.8 Å². The number of nitro groups is 1. The van der Waals surface area contributed by atoms with Crippen LogP contribution in [0.2, 0.25) is 5.02 Å². The first kappa shape index (κ1) is 14.7. The number of nitrogens with one attached hydrogen (secondary N) is 1. The predicted octanol–water partition coefficient (Wildman–Crippen LogP) is 2.14. The molecule has 1 aromatic carbocycles. The summed E-state index contributed by atoms with van der Waals surface area (Å²) in [5.74, 6) is -0.353. The number of hydrogen-bond donors (Lipinski definition) is 2. The van der Waals surface area contributed by atoms with Gasteiger partial charge in [-0.15, -0.1) is 0 Å². The Labute approximate surface area is 120 Å². The summed E-state index contributed by atoms with van der Waals surface area (Å²) < 4.78 is 0. The second-order valence-electron chi connectivity index (χ2n) is 4.91. The fraction of sp³-hybridized carbons (Fsp3) is 0.462. The molecule has 2 N–H and O–H groups in total. The molecule has 7 heteroatoms. The standard InChI is InChI=1S/C13H15ClN2O4/c14-10-4-9(5-11(6-10)16(19)20)13(18)15-12-3-1-2-8(12)7-17/h4-6,8,12,17H,1-3,7H2,(H,15,18). The topological polar surface area (TPSA) is 92.5 Å². The Morgan fingerprint density at radius 1 is 1.45 bits per heavy atom. The number of benzene rings is 1. The Morgan fingerprint density at radius 3 is 2.85 bits per heavy atom. The molecule has 0 heterocycles. The molecule has 1 fully saturated rings. The quantitative estimate of drug-likeness (QED) is 0.658. The molecule has 1 aromatic rings. The van der Waals surface area contributed by atoms with Crippen molar-refractivity contribution in [2.75, 3.05) is 6.61 Å². The smallest absolute Gasteiger partial charge is 0.271 e. The Bertz CT molecular complexity index is 535. The Kier molecular flexibility index (Phi) is 4.57. The minimum absolute atomic E-state index is 0.0284. The van der Waals surface area contributed by atoms with Crippen molar-refractivity contribution in [1.29, 1.82) is 0 Å². The molecule has 0 radical (unpaired) electrons. The molecule has 1 aliphatic carbocycles. The van der Waals surface area contributed by atoms with Crippen LogP contribution in [0, 0.1) is 16.0 Å². The number of carbonyl (C=O) groups excluding carboxylic acids is 1. The number of hydrogen-bond acceptors (Lipinski definition) is 4. The fourth-order valence-corrected chi connectivity index (χ4v) is 2.74. The van der Waals surface area contributed by atoms with E-state index in [1.165, 1.54) is 18.2 Å². The number of non-ortho nitro benzene ring substituents is 1. The van der Waals surface area contributed by atoms with Crippen molar-refractivity contribution in [1.82, 2.24) is 5.32 Å². The number of aliphatic hydroxyl groups excluding tert-OH is 1. The van der Waals surface area contributed by atoms with Gasteiger partial charge in [0.15, 0.2) is 0 Å². The van der Waals surface area contributed by atoms with Gasteiger partial charge >= 0.3 is 0 Å². The number of aliphatic hydroxyl groups is 1. The van der Waals surface area contributed by atoms with Gasteiger partial charge in [0.2, 0.25) is 0 Å². The fourth-order valence-electron chi connectivity index (χ4n) is 2.51. The molecule has 6 nitrogen and oxygen atoms in total. The van der Waals surface area contributed by atoms with Gasteiger partial charge in [0.05, 0.1) is 4.92 Å². The lowest BCUT2D eigenvalue weighted by atomic mass is 10.0. The molecule has 1 saturated carbocycles. The second kappa shape index (κ2) is 6.19. The molecule has 0 saturated heterocycles. The Hall–Kier alpha value is -1.66. The van der Waals surface area contributed by atoms with Crippen LogP contribution < -0.4 is 5.32 Å². The summed E-state index contributed by atoms with van der Waals surface area (Å²) in [6, 6.07) is 3.70. The molecule has 108 valence electrons. The summed E-state index contributed by atoms with van der Waals surface area (Å²) in [7, 11) is 0. The average Bonchev–Trinajstić information content (AvgIpc) is 2.85. The van der Waals surface area contributed by atoms with Crippen LogP contribution >= 0.6 is 11.6 Å². The first-order valence-electron chi connectivity index (χ1n) is 6.38. The van der Waals surface area contributed by atoms with Crippen molar-refractivity contribution in [3.63, 3.8) is 0 Å². The molecule has 1 aliphatic rings. The Morgan fingerprint density at radius 2 is 2.20 bits per heavy atom. The zero-order chi connectivity index (χ0) is 14.7. The summed E-state index contributed by atoms with van der Waals surface area (Å²) in [5, 5.41) is 22.9. The number of nitro benzene ring substituents is 1. The molecule has 2 atom stereocenters. The van der Waals surface area contributed by atoms with E-state index in [9.17, 15) is 20.0 Å². The largest absolute Gasteiger partial charge is 0.396 e. The molecule has 1 amide bonds. The lowest BCUT2D eigenvalue weighted by Gasteiger charge is -2.19. The van der Waals surface area contributed by atoms with E-state index in [1.807, 2.05) is 0 Å². The first-order valence-corrected chi connectivity index (χ1v) is 6.75. The third kappa shape index (κ3) is 3.26. The highest BCUT2D eigenvalue weighted by molar-refractivity contribution is 6.31. The van der Waals surface area contributed by atoms with E-state index in [4.69, 9.17) is 11.6 Å². The maximum Gasteiger partial charge on any atom is 0.271 e. The van der Waals surface area contributed by atoms with Crippen LogP contribution in [-0.2, 0) is 0 Å². The highest BCUT2D eigenvalue weighted by Crippen LogP contribution is 2.26. The molecule has 2 rings (SSSR count). The van der Waals surface area contributed by atoms with Gasteiger partial charge in [-0.3, -0.25) is 14.9 Å². The van der Waals surface area contributed by atoms with E-state index in [2.05, 4.69) is 5.32 Å². The van der Waals surface area contributed by atoms with Gasteiger partial charge in [0.25, 0.3) is 11.6 Å². The highest BCUT2D eigenvalue weighted by Gasteiger charge is 2.28. The van der Waals surface area contributed by atoms with E-state index in [-0.39, 0.29) is 34.8 Å². The van der Waals surface area contributed by atoms with E-state index in [0.717, 1.165) is 19.3 Å². The number of rotatable bonds is 4. The van der Waals surface area contributed by atoms with Crippen LogP contribution in [0.25, 0.3) is 0 Å². The SMILES string of the molecule is O=C(NC1CCCC1CO)c1cc(Cl)cc([N+](=O)[O-])c1. The van der Waals surface area contributed by atoms with E-state index >= 15 is 0 Å². The van der Waals surface area contributed by atoms with Gasteiger partial charge in [-0.25, -0.2) is 0 Å². The van der Waals surface area contributed by atoms with E-state index in [0.29, 0.717) is 0 Å². The highest BCUT2D eigenvalue weighted by atomic mass is 35.5. The number of halogens is 1. The van der Waals surface area contributed by atoms with Crippen LogP contribution in [0.4, 0.5) is 5.69 Å². The first-order chi connectivity index (χ1) is 9.51. The lowest BCUT2D eigenvalue weighted by Crippen LogP contribution is -2.38. The molecule has 0 aromatic heterocycles. The monoisotopic (exact) mass is 298 g/mol. The maximum absolute atomic E-state index is 12.1. The van der Waals surface area contributed by atoms with Gasteiger partial charge in [0.1, 0.15) is 0 Å². The van der Waals surface area contributed by atoms with Crippen LogP contribution in [0.1, 0.15) is 29.6 Å². The number of carbonyl (C=O) groups is 1. The number of amides is 1. The Balaban J connectivity index is 2.15. The van der Waals surface area contributed by atoms with Crippen LogP contribution in [0.15, 0.2) is 18.2 Å². The van der Waals surface area contributed by atoms with E-state index in [1.54, 1.807) is 0 Å². The summed E-state index contributed by atoms with van der Waals surface area (Å²) in [6.07, 6.45) is 2.63. The minimum Gasteiger partial charge on any atom is -0.396 e. The molecular formula is C13H15ClN2O4. The van der Waals surface area contributed by atoms with Crippen LogP contribution in [0.5, 0.6) is 0 Å². The van der Waals surface area contributed by atoms with Gasteiger partial charge in [-0.1, -0.05) is 18.0 Å². The molecular weight excluding hydrogens is 284 g/mol. The molecule has 0 bridgehead atoms. The van der Waals surface area contributed by atoms with Crippen molar-refractivity contribution in [3.8, 4) is 0 Å². The van der Waals surface area contributed by atoms with Crippen molar-refractivity contribution in [3.05, 3.63) is 38.9 Å². The summed E-state index contributed by atoms with van der Waals surface area (Å²) >= 11 is 5.79. The maximum atomic E-state index is 12.1. The van der Waals surface area contributed by atoms with Crippen molar-refractivity contribution in [2.45, 2.75) is 25.3 Å². The molecule has 0 aliphatic heterocycles. The summed E-state index contributed by atoms with van der Waals surface area (Å²) in [5.41, 5.74) is -0.0550. The normalized spacial score (nSPS) is 21.7. The average molecular weight is 299 g/mol. The zero-order valence-corrected chi connectivity index (χ0v) is 11.5. The van der Waals surface area contributed by atoms with Crippen LogP contribution in [0.3, 0.4) is 0 Å². The number of nitrogens with zero attached hydrogens (tertiary/aromatic N) is 1. The molecule has 2 unspecified atom stereocenters. The second-order valence-corrected chi connectivity index (χ2v) is 5.35. The lowest BCUT2D eigenvalue weighted by molar-refractivity contribution is -0.384. The zero-order valence-electron chi connectivity index (χ0n) is 10.7. The summed E-state index contributed by atoms with van der Waals surface area (Å²) in [6.45, 7) is 0.0284.